The van der Waals surface area contributed by atoms with Crippen LogP contribution in [0.3, 0.4) is 0 Å². The van der Waals surface area contributed by atoms with Crippen molar-refractivity contribution in [1.29, 1.82) is 0 Å². The molecule has 0 spiro atoms. The molecule has 0 radical (unpaired) electrons. The second-order valence-electron chi connectivity index (χ2n) is 4.24. The lowest BCUT2D eigenvalue weighted by Gasteiger charge is -2.11. The highest BCUT2D eigenvalue weighted by molar-refractivity contribution is 9.10. The molecule has 2 N–H and O–H groups in total. The fraction of sp³-hybridized carbons (Fsp3) is 0.333. The summed E-state index contributed by atoms with van der Waals surface area (Å²) >= 11 is 4.67. The van der Waals surface area contributed by atoms with Gasteiger partial charge in [0.1, 0.15) is 15.7 Å². The van der Waals surface area contributed by atoms with E-state index in [1.54, 1.807) is 6.20 Å². The van der Waals surface area contributed by atoms with Gasteiger partial charge in [0.05, 0.1) is 6.54 Å². The number of halogens is 1. The maximum atomic E-state index is 12.4. The Bertz CT molecular complexity index is 731. The molecule has 0 aliphatic rings. The number of hydrogen-bond donors (Lipinski definition) is 2. The summed E-state index contributed by atoms with van der Waals surface area (Å²) in [6.45, 7) is 4.50. The molecule has 114 valence electrons. The number of rotatable bonds is 6. The molecule has 2 aromatic heterocycles. The lowest BCUT2D eigenvalue weighted by atomic mass is 10.4. The van der Waals surface area contributed by atoms with Gasteiger partial charge in [0.2, 0.25) is 10.0 Å². The molecule has 2 rings (SSSR count). The van der Waals surface area contributed by atoms with Crippen LogP contribution in [0.25, 0.3) is 0 Å². The summed E-state index contributed by atoms with van der Waals surface area (Å²) in [6.07, 6.45) is 1.56. The average Bonchev–Trinajstić information content (AvgIpc) is 2.85. The third kappa shape index (κ3) is 4.22. The van der Waals surface area contributed by atoms with Crippen molar-refractivity contribution in [2.45, 2.75) is 25.3 Å². The summed E-state index contributed by atoms with van der Waals surface area (Å²) in [5.41, 5.74) is 0.881. The van der Waals surface area contributed by atoms with E-state index in [0.717, 1.165) is 10.7 Å². The Kier molecular flexibility index (Phi) is 5.31. The largest absolute Gasteiger partial charge is 0.369 e. The van der Waals surface area contributed by atoms with Crippen molar-refractivity contribution >= 4 is 43.1 Å². The zero-order valence-corrected chi connectivity index (χ0v) is 14.8. The van der Waals surface area contributed by atoms with Gasteiger partial charge >= 0.3 is 0 Å². The molecule has 6 nitrogen and oxygen atoms in total. The smallest absolute Gasteiger partial charge is 0.244 e. The summed E-state index contributed by atoms with van der Waals surface area (Å²) in [6, 6.07) is 1.53. The molecule has 9 heteroatoms. The lowest BCUT2D eigenvalue weighted by molar-refractivity contribution is 0.581. The van der Waals surface area contributed by atoms with Gasteiger partial charge < -0.3 is 5.32 Å². The number of pyridine rings is 1. The van der Waals surface area contributed by atoms with Gasteiger partial charge in [0, 0.05) is 28.3 Å². The first kappa shape index (κ1) is 16.3. The maximum absolute atomic E-state index is 12.4. The molecule has 0 fully saturated rings. The van der Waals surface area contributed by atoms with E-state index in [0.29, 0.717) is 16.8 Å². The number of sulfonamides is 1. The van der Waals surface area contributed by atoms with E-state index in [2.05, 4.69) is 35.9 Å². The Morgan fingerprint density at radius 2 is 2.19 bits per heavy atom. The number of aryl methyl sites for hydroxylation is 1. The minimum atomic E-state index is -3.66. The normalized spacial score (nSPS) is 11.6. The first-order valence-electron chi connectivity index (χ1n) is 6.22. The number of nitrogens with one attached hydrogen (secondary N) is 2. The highest BCUT2D eigenvalue weighted by Crippen LogP contribution is 2.23. The predicted molar refractivity (Wildman–Crippen MR) is 87.0 cm³/mol. The molecule has 0 unspecified atom stereocenters. The van der Waals surface area contributed by atoms with Crippen molar-refractivity contribution in [3.05, 3.63) is 32.8 Å². The van der Waals surface area contributed by atoms with E-state index >= 15 is 0 Å². The monoisotopic (exact) mass is 390 g/mol. The van der Waals surface area contributed by atoms with Crippen LogP contribution in [0, 0.1) is 6.92 Å². The van der Waals surface area contributed by atoms with E-state index in [1.165, 1.54) is 17.4 Å². The van der Waals surface area contributed by atoms with Gasteiger partial charge in [-0.25, -0.2) is 23.1 Å². The highest BCUT2D eigenvalue weighted by Gasteiger charge is 2.20. The van der Waals surface area contributed by atoms with Crippen LogP contribution in [-0.4, -0.2) is 24.9 Å². The maximum Gasteiger partial charge on any atom is 0.244 e. The fourth-order valence-electron chi connectivity index (χ4n) is 1.64. The summed E-state index contributed by atoms with van der Waals surface area (Å²) in [5, 5.41) is 5.56. The van der Waals surface area contributed by atoms with Crippen LogP contribution in [0.15, 0.2) is 27.0 Å². The Morgan fingerprint density at radius 3 is 2.81 bits per heavy atom. The average molecular weight is 391 g/mol. The lowest BCUT2D eigenvalue weighted by Crippen LogP contribution is -2.24. The van der Waals surface area contributed by atoms with Gasteiger partial charge in [0.25, 0.3) is 0 Å². The Labute approximate surface area is 136 Å². The standard InChI is InChI=1S/C12H15BrN4O2S2/c1-3-14-12-10(4-9(13)5-15-12)21(18,19)16-6-11-17-8(2)7-20-11/h4-5,7,16H,3,6H2,1-2H3,(H,14,15). The first-order valence-corrected chi connectivity index (χ1v) is 9.38. The molecule has 2 aromatic rings. The molecule has 0 bridgehead atoms. The zero-order valence-electron chi connectivity index (χ0n) is 11.6. The van der Waals surface area contributed by atoms with Gasteiger partial charge in [-0.3, -0.25) is 0 Å². The van der Waals surface area contributed by atoms with Crippen molar-refractivity contribution < 1.29 is 8.42 Å². The van der Waals surface area contributed by atoms with Crippen molar-refractivity contribution in [2.75, 3.05) is 11.9 Å². The van der Waals surface area contributed by atoms with Crippen molar-refractivity contribution in [3.63, 3.8) is 0 Å². The van der Waals surface area contributed by atoms with Crippen LogP contribution in [0.4, 0.5) is 5.82 Å². The van der Waals surface area contributed by atoms with Gasteiger partial charge in [-0.15, -0.1) is 11.3 Å². The SMILES string of the molecule is CCNc1ncc(Br)cc1S(=O)(=O)NCc1nc(C)cs1. The third-order valence-corrected chi connectivity index (χ3v) is 5.35. The summed E-state index contributed by atoms with van der Waals surface area (Å²) in [7, 11) is -3.66. The molecule has 0 aromatic carbocycles. The Morgan fingerprint density at radius 1 is 1.43 bits per heavy atom. The fourth-order valence-corrected chi connectivity index (χ4v) is 4.07. The Hall–Kier alpha value is -1.03. The molecule has 0 saturated carbocycles. The molecular weight excluding hydrogens is 376 g/mol. The summed E-state index contributed by atoms with van der Waals surface area (Å²) in [4.78, 5) is 8.46. The third-order valence-electron chi connectivity index (χ3n) is 2.53. The number of aromatic nitrogens is 2. The van der Waals surface area contributed by atoms with Crippen LogP contribution in [-0.2, 0) is 16.6 Å². The van der Waals surface area contributed by atoms with Crippen LogP contribution in [0.2, 0.25) is 0 Å². The number of anilines is 1. The summed E-state index contributed by atoms with van der Waals surface area (Å²) in [5.74, 6) is 0.337. The van der Waals surface area contributed by atoms with E-state index in [9.17, 15) is 8.42 Å². The van der Waals surface area contributed by atoms with Crippen molar-refractivity contribution in [1.82, 2.24) is 14.7 Å². The van der Waals surface area contributed by atoms with E-state index in [-0.39, 0.29) is 11.4 Å². The molecule has 0 saturated heterocycles. The molecule has 2 heterocycles. The summed E-state index contributed by atoms with van der Waals surface area (Å²) < 4.78 is 28.0. The topological polar surface area (TPSA) is 84.0 Å². The molecule has 0 atom stereocenters. The van der Waals surface area contributed by atoms with Crippen molar-refractivity contribution in [2.24, 2.45) is 0 Å². The molecule has 0 aliphatic carbocycles. The molecule has 21 heavy (non-hydrogen) atoms. The first-order chi connectivity index (χ1) is 9.92. The van der Waals surface area contributed by atoms with E-state index < -0.39 is 10.0 Å². The van der Waals surface area contributed by atoms with Crippen LogP contribution in [0.5, 0.6) is 0 Å². The predicted octanol–water partition coefficient (Wildman–Crippen LogP) is 2.52. The van der Waals surface area contributed by atoms with Gasteiger partial charge in [-0.2, -0.15) is 0 Å². The van der Waals surface area contributed by atoms with Crippen LogP contribution < -0.4 is 10.0 Å². The van der Waals surface area contributed by atoms with Crippen LogP contribution >= 0.6 is 27.3 Å². The highest BCUT2D eigenvalue weighted by atomic mass is 79.9. The zero-order chi connectivity index (χ0) is 15.5. The van der Waals surface area contributed by atoms with E-state index in [4.69, 9.17) is 0 Å². The number of nitrogens with zero attached hydrogens (tertiary/aromatic N) is 2. The number of hydrogen-bond acceptors (Lipinski definition) is 6. The Balaban J connectivity index is 2.24. The molecule has 0 amide bonds. The second-order valence-corrected chi connectivity index (χ2v) is 7.83. The molecular formula is C12H15BrN4O2S2. The van der Waals surface area contributed by atoms with Crippen molar-refractivity contribution in [3.8, 4) is 0 Å². The van der Waals surface area contributed by atoms with Gasteiger partial charge in [0.15, 0.2) is 0 Å². The quantitative estimate of drug-likeness (QED) is 0.791. The second kappa shape index (κ2) is 6.82. The van der Waals surface area contributed by atoms with Crippen LogP contribution in [0.1, 0.15) is 17.6 Å². The van der Waals surface area contributed by atoms with E-state index in [1.807, 2.05) is 19.2 Å². The minimum absolute atomic E-state index is 0.118. The van der Waals surface area contributed by atoms with Gasteiger partial charge in [-0.1, -0.05) is 0 Å². The molecule has 0 aliphatic heterocycles. The number of thiazole rings is 1. The van der Waals surface area contributed by atoms with Gasteiger partial charge in [-0.05, 0) is 35.8 Å². The minimum Gasteiger partial charge on any atom is -0.369 e.